The van der Waals surface area contributed by atoms with Crippen molar-refractivity contribution in [3.05, 3.63) is 16.1 Å². The Morgan fingerprint density at radius 3 is 2.44 bits per heavy atom. The van der Waals surface area contributed by atoms with Gasteiger partial charge < -0.3 is 15.5 Å². The van der Waals surface area contributed by atoms with E-state index in [0.29, 0.717) is 18.5 Å². The van der Waals surface area contributed by atoms with Crippen LogP contribution in [0.25, 0.3) is 0 Å². The molecular formula is C19H37IN6S. The summed E-state index contributed by atoms with van der Waals surface area (Å²) in [4.78, 5) is 14.5. The van der Waals surface area contributed by atoms with E-state index in [4.69, 9.17) is 4.99 Å². The van der Waals surface area contributed by atoms with Gasteiger partial charge in [-0.05, 0) is 26.3 Å². The number of halogens is 1. The van der Waals surface area contributed by atoms with Gasteiger partial charge in [0.1, 0.15) is 5.01 Å². The lowest BCUT2D eigenvalue weighted by atomic mass is 10.2. The van der Waals surface area contributed by atoms with Gasteiger partial charge in [-0.25, -0.2) is 9.98 Å². The monoisotopic (exact) mass is 508 g/mol. The zero-order chi connectivity index (χ0) is 18.9. The first-order valence-corrected chi connectivity index (χ1v) is 10.8. The first-order chi connectivity index (χ1) is 12.5. The minimum atomic E-state index is 0. The molecule has 6 nitrogen and oxygen atoms in total. The quantitative estimate of drug-likeness (QED) is 0.321. The van der Waals surface area contributed by atoms with Crippen molar-refractivity contribution in [2.24, 2.45) is 4.99 Å². The summed E-state index contributed by atoms with van der Waals surface area (Å²) in [7, 11) is 0. The van der Waals surface area contributed by atoms with Gasteiger partial charge in [0.15, 0.2) is 5.96 Å². The van der Waals surface area contributed by atoms with Crippen LogP contribution in [-0.2, 0) is 6.54 Å². The Kier molecular flexibility index (Phi) is 11.7. The second-order valence-electron chi connectivity index (χ2n) is 7.22. The maximum Gasteiger partial charge on any atom is 0.191 e. The number of hydrogen-bond donors (Lipinski definition) is 2. The van der Waals surface area contributed by atoms with E-state index in [0.717, 1.165) is 49.4 Å². The minimum absolute atomic E-state index is 0. The lowest BCUT2D eigenvalue weighted by Crippen LogP contribution is -2.53. The molecule has 1 saturated heterocycles. The summed E-state index contributed by atoms with van der Waals surface area (Å²) < 4.78 is 0. The summed E-state index contributed by atoms with van der Waals surface area (Å²) >= 11 is 1.70. The van der Waals surface area contributed by atoms with Crippen LogP contribution in [0, 0.1) is 0 Å². The normalized spacial score (nSPS) is 17.6. The molecule has 156 valence electrons. The smallest absolute Gasteiger partial charge is 0.191 e. The van der Waals surface area contributed by atoms with Crippen LogP contribution >= 0.6 is 35.3 Å². The highest BCUT2D eigenvalue weighted by molar-refractivity contribution is 14.0. The summed E-state index contributed by atoms with van der Waals surface area (Å²) in [6, 6.07) is 0.505. The Labute approximate surface area is 186 Å². The van der Waals surface area contributed by atoms with E-state index < -0.39 is 0 Å². The van der Waals surface area contributed by atoms with Gasteiger partial charge in [0.05, 0.1) is 12.2 Å². The van der Waals surface area contributed by atoms with Crippen molar-refractivity contribution in [1.29, 1.82) is 0 Å². The summed E-state index contributed by atoms with van der Waals surface area (Å²) in [5.74, 6) is 1.36. The molecule has 1 fully saturated rings. The van der Waals surface area contributed by atoms with Crippen molar-refractivity contribution in [3.63, 3.8) is 0 Å². The van der Waals surface area contributed by atoms with Crippen molar-refractivity contribution in [1.82, 2.24) is 25.4 Å². The molecule has 0 radical (unpaired) electrons. The topological polar surface area (TPSA) is 55.8 Å². The Morgan fingerprint density at radius 2 is 1.89 bits per heavy atom. The Hall–Kier alpha value is -0.450. The molecule has 0 saturated carbocycles. The number of rotatable bonds is 8. The number of nitrogens with one attached hydrogen (secondary N) is 2. The van der Waals surface area contributed by atoms with Crippen LogP contribution in [0.1, 0.15) is 51.2 Å². The molecule has 1 unspecified atom stereocenters. The highest BCUT2D eigenvalue weighted by atomic mass is 127. The molecule has 0 aliphatic carbocycles. The molecule has 0 amide bonds. The van der Waals surface area contributed by atoms with Crippen molar-refractivity contribution >= 4 is 41.3 Å². The summed E-state index contributed by atoms with van der Waals surface area (Å²) in [5.41, 5.74) is 1.16. The molecule has 2 N–H and O–H groups in total. The number of aromatic nitrogens is 1. The molecule has 0 bridgehead atoms. The summed E-state index contributed by atoms with van der Waals surface area (Å²) in [5, 5.41) is 10.1. The number of piperazine rings is 1. The van der Waals surface area contributed by atoms with Crippen molar-refractivity contribution in [3.8, 4) is 0 Å². The highest BCUT2D eigenvalue weighted by Gasteiger charge is 2.20. The van der Waals surface area contributed by atoms with Crippen LogP contribution in [-0.4, -0.2) is 72.6 Å². The van der Waals surface area contributed by atoms with Gasteiger partial charge in [-0.1, -0.05) is 20.8 Å². The van der Waals surface area contributed by atoms with E-state index in [2.05, 4.69) is 65.4 Å². The second kappa shape index (κ2) is 12.9. The molecule has 1 aliphatic rings. The molecule has 2 rings (SSSR count). The molecule has 1 atom stereocenters. The van der Waals surface area contributed by atoms with Crippen LogP contribution in [0.3, 0.4) is 0 Å². The maximum absolute atomic E-state index is 4.71. The van der Waals surface area contributed by atoms with Crippen LogP contribution in [0.2, 0.25) is 0 Å². The zero-order valence-corrected chi connectivity index (χ0v) is 20.6. The SMILES string of the molecule is CCNC(=NCc1nc(C(C)C)cs1)NCC(C)N1CCN(CC)CC1.I. The van der Waals surface area contributed by atoms with Crippen LogP contribution in [0.5, 0.6) is 0 Å². The maximum atomic E-state index is 4.71. The molecule has 2 heterocycles. The molecular weight excluding hydrogens is 471 g/mol. The number of likely N-dealkylation sites (N-methyl/N-ethyl adjacent to an activating group) is 1. The second-order valence-corrected chi connectivity index (χ2v) is 8.16. The number of hydrogen-bond acceptors (Lipinski definition) is 5. The van der Waals surface area contributed by atoms with Gasteiger partial charge in [-0.3, -0.25) is 4.90 Å². The van der Waals surface area contributed by atoms with E-state index >= 15 is 0 Å². The highest BCUT2D eigenvalue weighted by Crippen LogP contribution is 2.18. The lowest BCUT2D eigenvalue weighted by molar-refractivity contribution is 0.107. The molecule has 0 aromatic carbocycles. The first kappa shape index (κ1) is 24.6. The third kappa shape index (κ3) is 8.21. The summed E-state index contributed by atoms with van der Waals surface area (Å²) in [6.07, 6.45) is 0. The van der Waals surface area contributed by atoms with E-state index in [9.17, 15) is 0 Å². The van der Waals surface area contributed by atoms with E-state index in [1.807, 2.05) is 0 Å². The number of guanidine groups is 1. The third-order valence-corrected chi connectivity index (χ3v) is 5.77. The molecule has 1 aromatic heterocycles. The van der Waals surface area contributed by atoms with Gasteiger partial charge in [0.2, 0.25) is 0 Å². The van der Waals surface area contributed by atoms with Crippen LogP contribution in [0.15, 0.2) is 10.4 Å². The fourth-order valence-corrected chi connectivity index (χ4v) is 3.92. The van der Waals surface area contributed by atoms with Gasteiger partial charge in [0.25, 0.3) is 0 Å². The van der Waals surface area contributed by atoms with Crippen LogP contribution in [0.4, 0.5) is 0 Å². The van der Waals surface area contributed by atoms with Crippen molar-refractivity contribution in [2.45, 2.75) is 53.1 Å². The number of thiazole rings is 1. The molecule has 1 aliphatic heterocycles. The van der Waals surface area contributed by atoms with Crippen LogP contribution < -0.4 is 10.6 Å². The molecule has 0 spiro atoms. The van der Waals surface area contributed by atoms with Crippen molar-refractivity contribution < 1.29 is 0 Å². The Morgan fingerprint density at radius 1 is 1.19 bits per heavy atom. The average Bonchev–Trinajstić information content (AvgIpc) is 3.13. The standard InChI is InChI=1S/C19H36N6S.HI/c1-6-20-19(22-13-18-23-17(14-26-18)15(3)4)21-12-16(5)25-10-8-24(7-2)9-11-25;/h14-16H,6-13H2,1-5H3,(H2,20,21,22);1H. The first-order valence-electron chi connectivity index (χ1n) is 9.96. The lowest BCUT2D eigenvalue weighted by Gasteiger charge is -2.37. The van der Waals surface area contributed by atoms with E-state index in [1.54, 1.807) is 11.3 Å². The average molecular weight is 509 g/mol. The number of aliphatic imine (C=N–C) groups is 1. The van der Waals surface area contributed by atoms with Gasteiger partial charge in [0, 0.05) is 50.7 Å². The third-order valence-electron chi connectivity index (χ3n) is 4.92. The molecule has 27 heavy (non-hydrogen) atoms. The fourth-order valence-electron chi connectivity index (χ4n) is 3.05. The Bertz CT molecular complexity index is 554. The largest absolute Gasteiger partial charge is 0.357 e. The van der Waals surface area contributed by atoms with E-state index in [1.165, 1.54) is 13.1 Å². The summed E-state index contributed by atoms with van der Waals surface area (Å²) in [6.45, 7) is 19.2. The Balaban J connectivity index is 0.00000364. The molecule has 8 heteroatoms. The predicted molar refractivity (Wildman–Crippen MR) is 128 cm³/mol. The molecule has 1 aromatic rings. The predicted octanol–water partition coefficient (Wildman–Crippen LogP) is 2.97. The van der Waals surface area contributed by atoms with Gasteiger partial charge in [-0.2, -0.15) is 0 Å². The van der Waals surface area contributed by atoms with E-state index in [-0.39, 0.29) is 24.0 Å². The minimum Gasteiger partial charge on any atom is -0.357 e. The van der Waals surface area contributed by atoms with Gasteiger partial charge >= 0.3 is 0 Å². The zero-order valence-electron chi connectivity index (χ0n) is 17.5. The van der Waals surface area contributed by atoms with Gasteiger partial charge in [-0.15, -0.1) is 35.3 Å². The number of nitrogens with zero attached hydrogens (tertiary/aromatic N) is 4. The fraction of sp³-hybridized carbons (Fsp3) is 0.789. The van der Waals surface area contributed by atoms with Crippen molar-refractivity contribution in [2.75, 3.05) is 45.8 Å².